The first kappa shape index (κ1) is 13.0. The summed E-state index contributed by atoms with van der Waals surface area (Å²) in [4.78, 5) is 0. The number of hydrogen-bond acceptors (Lipinski definition) is 2. The molecule has 1 N–H and O–H groups in total. The minimum absolute atomic E-state index is 0.287. The van der Waals surface area contributed by atoms with Crippen LogP contribution in [-0.2, 0) is 4.74 Å². The molecule has 0 spiro atoms. The highest BCUT2D eigenvalue weighted by atomic mass is 16.5. The van der Waals surface area contributed by atoms with Gasteiger partial charge in [-0.05, 0) is 24.3 Å². The molecule has 0 radical (unpaired) electrons. The van der Waals surface area contributed by atoms with Crippen LogP contribution in [0.2, 0.25) is 0 Å². The van der Waals surface area contributed by atoms with Gasteiger partial charge in [-0.3, -0.25) is 0 Å². The van der Waals surface area contributed by atoms with Crippen LogP contribution in [-0.4, -0.2) is 25.8 Å². The third-order valence-electron chi connectivity index (χ3n) is 3.15. The third-order valence-corrected chi connectivity index (χ3v) is 3.15. The molecule has 2 heteroatoms. The van der Waals surface area contributed by atoms with E-state index in [9.17, 15) is 0 Å². The molecule has 1 unspecified atom stereocenters. The van der Waals surface area contributed by atoms with E-state index in [2.05, 4.69) is 33.0 Å². The minimum Gasteiger partial charge on any atom is -0.380 e. The Hall–Kier alpha value is -0.0800. The van der Waals surface area contributed by atoms with E-state index in [4.69, 9.17) is 4.74 Å². The predicted molar refractivity (Wildman–Crippen MR) is 65.1 cm³/mol. The zero-order valence-corrected chi connectivity index (χ0v) is 10.8. The molecule has 0 saturated heterocycles. The van der Waals surface area contributed by atoms with Gasteiger partial charge in [-0.1, -0.05) is 40.5 Å². The lowest BCUT2D eigenvalue weighted by Gasteiger charge is -2.31. The second-order valence-electron chi connectivity index (χ2n) is 5.78. The van der Waals surface area contributed by atoms with Gasteiger partial charge in [0.2, 0.25) is 0 Å². The molecule has 15 heavy (non-hydrogen) atoms. The lowest BCUT2D eigenvalue weighted by atomic mass is 9.87. The fraction of sp³-hybridized carbons (Fsp3) is 1.00. The molecule has 0 aliphatic heterocycles. The van der Waals surface area contributed by atoms with Crippen molar-refractivity contribution in [1.82, 2.24) is 5.32 Å². The van der Waals surface area contributed by atoms with Gasteiger partial charge in [0.1, 0.15) is 0 Å². The summed E-state index contributed by atoms with van der Waals surface area (Å²) in [5.41, 5.74) is 0.287. The van der Waals surface area contributed by atoms with Crippen LogP contribution in [0.3, 0.4) is 0 Å². The molecule has 0 amide bonds. The Morgan fingerprint density at radius 2 is 2.00 bits per heavy atom. The van der Waals surface area contributed by atoms with E-state index in [1.54, 1.807) is 0 Å². The molecular weight excluding hydrogens is 186 g/mol. The summed E-state index contributed by atoms with van der Waals surface area (Å²) in [6.45, 7) is 11.8. The molecule has 0 bridgehead atoms. The van der Waals surface area contributed by atoms with Gasteiger partial charge in [0.25, 0.3) is 0 Å². The standard InChI is InChI=1S/C13H27NO/c1-5-14-12(13(2,3)4)10-15-9-8-11-6-7-11/h11-12,14H,5-10H2,1-4H3. The van der Waals surface area contributed by atoms with E-state index in [1.165, 1.54) is 19.3 Å². The van der Waals surface area contributed by atoms with Crippen molar-refractivity contribution in [3.05, 3.63) is 0 Å². The van der Waals surface area contributed by atoms with Crippen LogP contribution in [0.1, 0.15) is 47.0 Å². The number of likely N-dealkylation sites (N-methyl/N-ethyl adjacent to an activating group) is 1. The van der Waals surface area contributed by atoms with Crippen molar-refractivity contribution in [2.75, 3.05) is 19.8 Å². The van der Waals surface area contributed by atoms with Crippen molar-refractivity contribution < 1.29 is 4.74 Å². The smallest absolute Gasteiger partial charge is 0.0624 e. The van der Waals surface area contributed by atoms with E-state index in [-0.39, 0.29) is 5.41 Å². The summed E-state index contributed by atoms with van der Waals surface area (Å²) in [5, 5.41) is 3.50. The molecule has 1 rings (SSSR count). The van der Waals surface area contributed by atoms with Gasteiger partial charge < -0.3 is 10.1 Å². The maximum absolute atomic E-state index is 5.76. The molecule has 0 aromatic carbocycles. The van der Waals surface area contributed by atoms with E-state index in [0.29, 0.717) is 6.04 Å². The van der Waals surface area contributed by atoms with E-state index in [1.807, 2.05) is 0 Å². The van der Waals surface area contributed by atoms with E-state index in [0.717, 1.165) is 25.7 Å². The van der Waals surface area contributed by atoms with Crippen molar-refractivity contribution in [1.29, 1.82) is 0 Å². The van der Waals surface area contributed by atoms with Gasteiger partial charge in [0, 0.05) is 12.6 Å². The van der Waals surface area contributed by atoms with Crippen LogP contribution < -0.4 is 5.32 Å². The van der Waals surface area contributed by atoms with Gasteiger partial charge in [-0.15, -0.1) is 0 Å². The Balaban J connectivity index is 2.12. The summed E-state index contributed by atoms with van der Waals surface area (Å²) < 4.78 is 5.76. The highest BCUT2D eigenvalue weighted by Gasteiger charge is 2.24. The quantitative estimate of drug-likeness (QED) is 0.657. The summed E-state index contributed by atoms with van der Waals surface area (Å²) in [6.07, 6.45) is 4.13. The Kier molecular flexibility index (Phi) is 5.07. The largest absolute Gasteiger partial charge is 0.380 e. The second kappa shape index (κ2) is 5.86. The first-order valence-corrected chi connectivity index (χ1v) is 6.35. The molecule has 1 atom stereocenters. The maximum atomic E-state index is 5.76. The Morgan fingerprint density at radius 3 is 2.47 bits per heavy atom. The minimum atomic E-state index is 0.287. The number of nitrogens with one attached hydrogen (secondary N) is 1. The van der Waals surface area contributed by atoms with Crippen LogP contribution in [0, 0.1) is 11.3 Å². The van der Waals surface area contributed by atoms with E-state index >= 15 is 0 Å². The summed E-state index contributed by atoms with van der Waals surface area (Å²) in [5.74, 6) is 0.984. The first-order chi connectivity index (χ1) is 7.04. The lowest BCUT2D eigenvalue weighted by Crippen LogP contribution is -2.43. The number of ether oxygens (including phenoxy) is 1. The number of hydrogen-bond donors (Lipinski definition) is 1. The van der Waals surface area contributed by atoms with Crippen LogP contribution in [0.15, 0.2) is 0 Å². The zero-order valence-electron chi connectivity index (χ0n) is 10.8. The molecule has 0 heterocycles. The molecule has 1 aliphatic carbocycles. The van der Waals surface area contributed by atoms with Crippen molar-refractivity contribution in [3.63, 3.8) is 0 Å². The van der Waals surface area contributed by atoms with Gasteiger partial charge >= 0.3 is 0 Å². The molecule has 2 nitrogen and oxygen atoms in total. The zero-order chi connectivity index (χ0) is 11.3. The van der Waals surface area contributed by atoms with Gasteiger partial charge in [0.15, 0.2) is 0 Å². The van der Waals surface area contributed by atoms with Crippen molar-refractivity contribution in [2.24, 2.45) is 11.3 Å². The SMILES string of the molecule is CCNC(COCCC1CC1)C(C)(C)C. The molecule has 1 aliphatic rings. The molecule has 1 fully saturated rings. The van der Waals surface area contributed by atoms with Crippen LogP contribution in [0.25, 0.3) is 0 Å². The molecule has 1 saturated carbocycles. The van der Waals surface area contributed by atoms with Crippen LogP contribution in [0.5, 0.6) is 0 Å². The third kappa shape index (κ3) is 5.53. The van der Waals surface area contributed by atoms with Crippen LogP contribution in [0.4, 0.5) is 0 Å². The first-order valence-electron chi connectivity index (χ1n) is 6.35. The topological polar surface area (TPSA) is 21.3 Å². The molecule has 0 aromatic heterocycles. The average molecular weight is 213 g/mol. The van der Waals surface area contributed by atoms with Crippen LogP contribution >= 0.6 is 0 Å². The highest BCUT2D eigenvalue weighted by molar-refractivity contribution is 4.80. The fourth-order valence-corrected chi connectivity index (χ4v) is 1.72. The summed E-state index contributed by atoms with van der Waals surface area (Å²) in [7, 11) is 0. The lowest BCUT2D eigenvalue weighted by molar-refractivity contribution is 0.0726. The van der Waals surface area contributed by atoms with Crippen molar-refractivity contribution in [3.8, 4) is 0 Å². The predicted octanol–water partition coefficient (Wildman–Crippen LogP) is 2.83. The number of rotatable bonds is 7. The van der Waals surface area contributed by atoms with Crippen molar-refractivity contribution >= 4 is 0 Å². The monoisotopic (exact) mass is 213 g/mol. The highest BCUT2D eigenvalue weighted by Crippen LogP contribution is 2.32. The van der Waals surface area contributed by atoms with Gasteiger partial charge in [0.05, 0.1) is 6.61 Å². The molecule has 0 aromatic rings. The second-order valence-corrected chi connectivity index (χ2v) is 5.78. The summed E-state index contributed by atoms with van der Waals surface area (Å²) >= 11 is 0. The van der Waals surface area contributed by atoms with Gasteiger partial charge in [-0.2, -0.15) is 0 Å². The Morgan fingerprint density at radius 1 is 1.33 bits per heavy atom. The maximum Gasteiger partial charge on any atom is 0.0624 e. The van der Waals surface area contributed by atoms with E-state index < -0.39 is 0 Å². The summed E-state index contributed by atoms with van der Waals surface area (Å²) in [6, 6.07) is 0.474. The Bertz CT molecular complexity index is 170. The van der Waals surface area contributed by atoms with Crippen molar-refractivity contribution in [2.45, 2.75) is 53.0 Å². The fourth-order valence-electron chi connectivity index (χ4n) is 1.72. The van der Waals surface area contributed by atoms with Gasteiger partial charge in [-0.25, -0.2) is 0 Å². The normalized spacial score (nSPS) is 19.2. The molecular formula is C13H27NO. The molecule has 90 valence electrons. The Labute approximate surface area is 94.8 Å². The average Bonchev–Trinajstić information content (AvgIpc) is 2.92.